The Labute approximate surface area is 285 Å². The summed E-state index contributed by atoms with van der Waals surface area (Å²) in [6.45, 7) is 25.8. The van der Waals surface area contributed by atoms with Crippen molar-refractivity contribution in [1.82, 2.24) is 10.6 Å². The second-order valence-corrected chi connectivity index (χ2v) is 16.5. The molecule has 3 rings (SSSR count). The van der Waals surface area contributed by atoms with Crippen LogP contribution in [0.1, 0.15) is 109 Å². The van der Waals surface area contributed by atoms with Crippen LogP contribution in [0.5, 0.6) is 0 Å². The van der Waals surface area contributed by atoms with Crippen LogP contribution in [0, 0.1) is 21.7 Å². The van der Waals surface area contributed by atoms with Gasteiger partial charge in [0.05, 0.1) is 0 Å². The van der Waals surface area contributed by atoms with Crippen LogP contribution < -0.4 is 10.6 Å². The molecular formula is C36H54BCrF4N2O2-. The number of nitrogens with one attached hydrogen (secondary N) is 2. The average molecular weight is 686 g/mol. The second-order valence-electron chi connectivity index (χ2n) is 16.5. The zero-order chi connectivity index (χ0) is 34.8. The Hall–Kier alpha value is -2.30. The van der Waals surface area contributed by atoms with E-state index in [4.69, 9.17) is 0 Å². The van der Waals surface area contributed by atoms with Crippen molar-refractivity contribution in [2.75, 3.05) is 0 Å². The van der Waals surface area contributed by atoms with Crippen LogP contribution in [0.2, 0.25) is 0 Å². The number of carbonyl (C=O) groups excluding carboxylic acids is 2. The molecule has 0 amide bonds. The van der Waals surface area contributed by atoms with E-state index in [1.165, 1.54) is 11.1 Å². The van der Waals surface area contributed by atoms with Gasteiger partial charge in [0.2, 0.25) is 0 Å². The maximum atomic E-state index is 13.5. The molecule has 0 aromatic rings. The normalized spacial score (nSPS) is 23.4. The molecule has 1 fully saturated rings. The Balaban J connectivity index is 0.00000163. The molecule has 0 spiro atoms. The summed E-state index contributed by atoms with van der Waals surface area (Å²) in [6, 6.07) is 0.340. The number of halogens is 4. The quantitative estimate of drug-likeness (QED) is 0.176. The fourth-order valence-corrected chi connectivity index (χ4v) is 5.42. The van der Waals surface area contributed by atoms with E-state index in [9.17, 15) is 26.9 Å². The molecule has 0 radical (unpaired) electrons. The fraction of sp³-hybridized carbons (Fsp3) is 0.611. The maximum absolute atomic E-state index is 13.5. The van der Waals surface area contributed by atoms with Crippen LogP contribution in [0.15, 0.2) is 70.1 Å². The van der Waals surface area contributed by atoms with Crippen molar-refractivity contribution in [3.63, 3.8) is 0 Å². The first-order chi connectivity index (χ1) is 20.2. The summed E-state index contributed by atoms with van der Waals surface area (Å²) in [5.41, 5.74) is 4.95. The van der Waals surface area contributed by atoms with Gasteiger partial charge in [-0.3, -0.25) is 9.59 Å². The number of hydrogen-bond acceptors (Lipinski definition) is 4. The number of rotatable bonds is 4. The van der Waals surface area contributed by atoms with Gasteiger partial charge in [-0.25, -0.2) is 0 Å². The van der Waals surface area contributed by atoms with Crippen molar-refractivity contribution in [2.24, 2.45) is 21.7 Å². The summed E-state index contributed by atoms with van der Waals surface area (Å²) in [7, 11) is -6.00. The van der Waals surface area contributed by atoms with Gasteiger partial charge in [0, 0.05) is 64.1 Å². The third-order valence-electron chi connectivity index (χ3n) is 8.26. The predicted octanol–water partition coefficient (Wildman–Crippen LogP) is 9.60. The summed E-state index contributed by atoms with van der Waals surface area (Å²) in [6.07, 6.45) is 16.5. The van der Waals surface area contributed by atoms with Gasteiger partial charge in [-0.15, -0.1) is 0 Å². The number of ketones is 2. The molecule has 10 heteroatoms. The number of Topliss-reactive ketones (excluding diaryl/α,β-unsaturated/α-hetero) is 2. The molecular weight excluding hydrogens is 631 g/mol. The minimum atomic E-state index is -6.00. The molecule has 2 N–H and O–H groups in total. The Kier molecular flexibility index (Phi) is 13.9. The van der Waals surface area contributed by atoms with Gasteiger partial charge in [0.1, 0.15) is 0 Å². The summed E-state index contributed by atoms with van der Waals surface area (Å²) >= 11 is 0. The summed E-state index contributed by atoms with van der Waals surface area (Å²) in [4.78, 5) is 27.0. The predicted molar refractivity (Wildman–Crippen MR) is 179 cm³/mol. The molecule has 0 aromatic carbocycles. The molecule has 0 heterocycles. The third kappa shape index (κ3) is 12.4. The maximum Gasteiger partial charge on any atom is 0.673 e. The first-order valence-electron chi connectivity index (χ1n) is 16.0. The zero-order valence-electron chi connectivity index (χ0n) is 29.8. The Morgan fingerprint density at radius 2 is 0.870 bits per heavy atom. The second kappa shape index (κ2) is 15.3. The van der Waals surface area contributed by atoms with Crippen LogP contribution in [0.4, 0.5) is 17.3 Å². The van der Waals surface area contributed by atoms with E-state index in [-0.39, 0.29) is 62.7 Å². The standard InChI is InChI=1S/C36H54N2O2.BF4.Cr/c1-33(2,3)25-17-23(31(39)27(19-25)35(7,8)9)21-37-29-15-13-14-16-30(29)38-22-24-18-26(34(4,5)6)20-28(32(24)40)36(10,11)12;2-1(3,4)5;/h17-22,29-30,37-38H,13-16H2,1-12H3;;/q;-1;/b23-21-,24-22-;;/t29-,30-;;/m1../s1. The molecule has 258 valence electrons. The minimum absolute atomic E-state index is 0. The van der Waals surface area contributed by atoms with Gasteiger partial charge in [0.15, 0.2) is 11.6 Å². The molecule has 0 aliphatic heterocycles. The van der Waals surface area contributed by atoms with Crippen molar-refractivity contribution < 1.29 is 44.2 Å². The van der Waals surface area contributed by atoms with Crippen LogP contribution in [-0.2, 0) is 27.0 Å². The van der Waals surface area contributed by atoms with Crippen molar-refractivity contribution >= 4 is 18.8 Å². The fourth-order valence-electron chi connectivity index (χ4n) is 5.42. The van der Waals surface area contributed by atoms with Gasteiger partial charge in [-0.2, -0.15) is 0 Å². The molecule has 4 nitrogen and oxygen atoms in total. The number of carbonyl (C=O) groups is 2. The Morgan fingerprint density at radius 3 is 1.11 bits per heavy atom. The molecule has 0 aromatic heterocycles. The van der Waals surface area contributed by atoms with E-state index in [2.05, 4.69) is 118 Å². The summed E-state index contributed by atoms with van der Waals surface area (Å²) < 4.78 is 39.0. The molecule has 2 atom stereocenters. The molecule has 46 heavy (non-hydrogen) atoms. The van der Waals surface area contributed by atoms with Crippen molar-refractivity contribution in [3.8, 4) is 0 Å². The zero-order valence-corrected chi connectivity index (χ0v) is 31.0. The number of allylic oxidation sites excluding steroid dienone is 10. The van der Waals surface area contributed by atoms with E-state index in [1.807, 2.05) is 12.4 Å². The third-order valence-corrected chi connectivity index (χ3v) is 8.26. The van der Waals surface area contributed by atoms with Crippen LogP contribution >= 0.6 is 0 Å². The minimum Gasteiger partial charge on any atom is -0.418 e. The Morgan fingerprint density at radius 1 is 0.587 bits per heavy atom. The van der Waals surface area contributed by atoms with Gasteiger partial charge in [-0.05, 0) is 57.8 Å². The van der Waals surface area contributed by atoms with Crippen LogP contribution in [-0.4, -0.2) is 30.9 Å². The van der Waals surface area contributed by atoms with E-state index in [0.717, 1.165) is 48.0 Å². The average Bonchev–Trinajstić information content (AvgIpc) is 2.84. The molecule has 0 unspecified atom stereocenters. The number of hydrogen-bond donors (Lipinski definition) is 2. The monoisotopic (exact) mass is 685 g/mol. The van der Waals surface area contributed by atoms with Gasteiger partial charge < -0.3 is 27.9 Å². The molecule has 0 saturated heterocycles. The van der Waals surface area contributed by atoms with Crippen molar-refractivity contribution in [3.05, 3.63) is 70.1 Å². The SMILES string of the molecule is CC(C)(C)C1=C/C(=C/N[C@@H]2CCCC[C@H]2N/C=C2/C=C(C(C)(C)C)C=C(C(C)(C)C)C2=O)C(=O)C(C(C)(C)C)=C1.F[B-](F)(F)F.[Cr]. The molecule has 3 aliphatic carbocycles. The topological polar surface area (TPSA) is 58.2 Å². The summed E-state index contributed by atoms with van der Waals surface area (Å²) in [5.74, 6) is 0.203. The van der Waals surface area contributed by atoms with Crippen molar-refractivity contribution in [1.29, 1.82) is 0 Å². The Bertz CT molecular complexity index is 1220. The van der Waals surface area contributed by atoms with E-state index in [0.29, 0.717) is 0 Å². The van der Waals surface area contributed by atoms with E-state index >= 15 is 0 Å². The van der Waals surface area contributed by atoms with Gasteiger partial charge in [0.25, 0.3) is 0 Å². The smallest absolute Gasteiger partial charge is 0.418 e. The molecule has 1 saturated carbocycles. The first kappa shape index (κ1) is 41.7. The molecule has 0 bridgehead atoms. The van der Waals surface area contributed by atoms with Gasteiger partial charge in [-0.1, -0.05) is 108 Å². The van der Waals surface area contributed by atoms with Crippen LogP contribution in [0.25, 0.3) is 0 Å². The van der Waals surface area contributed by atoms with E-state index in [1.54, 1.807) is 0 Å². The molecule has 3 aliphatic rings. The first-order valence-corrected chi connectivity index (χ1v) is 16.0. The van der Waals surface area contributed by atoms with Crippen molar-refractivity contribution in [2.45, 2.75) is 121 Å². The van der Waals surface area contributed by atoms with Crippen LogP contribution in [0.3, 0.4) is 0 Å². The van der Waals surface area contributed by atoms with Gasteiger partial charge >= 0.3 is 7.25 Å². The summed E-state index contributed by atoms with van der Waals surface area (Å²) in [5, 5.41) is 7.25. The van der Waals surface area contributed by atoms with E-state index < -0.39 is 7.25 Å². The largest absolute Gasteiger partial charge is 0.673 e.